The number of esters is 1. The molecule has 24 heteroatoms. The molecule has 2 aromatic rings. The number of nitrogens with zero attached hydrogens (tertiary/aromatic N) is 2. The number of nitrogens with two attached hydrogens (primary N) is 1. The van der Waals surface area contributed by atoms with Crippen molar-refractivity contribution in [1.82, 2.24) is 4.90 Å². The molecule has 0 aliphatic carbocycles. The molecule has 0 amide bonds. The number of anilines is 1. The standard InChI is InChI=1S/C29H33N5O9.2C2HF3O2/c30-28(31)32-19-3-1-18(2-4-19)27(41)42-20-5-6-21(17-7-10-34(11-8-17)12-9-24(35)36)22(13-20)23-14-29(43-33-23,15-25(37)38)16-26(39)40;2*3-2(4,5)1(6)7/h1-6,13,17H,7-12,14-16H2,(H,35,36)(H,37,38)(H,39,40)(H4,30,31,32);2*(H,6,7). The topological polar surface area (TPSA) is 300 Å². The molecular formula is C33H35F6N5O13. The van der Waals surface area contributed by atoms with Crippen LogP contribution in [0.25, 0.3) is 0 Å². The number of ether oxygens (including phenoxy) is 1. The fourth-order valence-electron chi connectivity index (χ4n) is 5.41. The van der Waals surface area contributed by atoms with E-state index in [1.165, 1.54) is 12.1 Å². The number of hydrogen-bond acceptors (Lipinski definition) is 11. The van der Waals surface area contributed by atoms with Gasteiger partial charge in [0.2, 0.25) is 0 Å². The zero-order valence-corrected chi connectivity index (χ0v) is 29.2. The van der Waals surface area contributed by atoms with Gasteiger partial charge in [-0.1, -0.05) is 11.2 Å². The lowest BCUT2D eigenvalue weighted by Crippen LogP contribution is -2.36. The number of carboxylic acids is 5. The van der Waals surface area contributed by atoms with Crippen LogP contribution in [-0.2, 0) is 28.8 Å². The summed E-state index contributed by atoms with van der Waals surface area (Å²) in [7, 11) is 0. The Balaban J connectivity index is 0.000000682. The predicted molar refractivity (Wildman–Crippen MR) is 181 cm³/mol. The Morgan fingerprint density at radius 1 is 0.860 bits per heavy atom. The first-order valence-electron chi connectivity index (χ1n) is 16.1. The number of rotatable bonds is 12. The Bertz CT molecular complexity index is 1800. The van der Waals surface area contributed by atoms with Gasteiger partial charge in [-0.25, -0.2) is 14.4 Å². The highest BCUT2D eigenvalue weighted by molar-refractivity contribution is 6.04. The number of piperidine rings is 1. The van der Waals surface area contributed by atoms with Crippen molar-refractivity contribution >= 4 is 53.2 Å². The van der Waals surface area contributed by atoms with Crippen LogP contribution in [-0.4, -0.2) is 116 Å². The van der Waals surface area contributed by atoms with Crippen molar-refractivity contribution in [2.75, 3.05) is 25.0 Å². The number of likely N-dealkylation sites (tertiary alicyclic amines) is 1. The van der Waals surface area contributed by atoms with E-state index >= 15 is 0 Å². The first-order chi connectivity index (χ1) is 26.3. The molecule has 0 aromatic heterocycles. The second kappa shape index (κ2) is 19.9. The van der Waals surface area contributed by atoms with E-state index in [1.807, 2.05) is 6.07 Å². The molecule has 9 N–H and O–H groups in total. The molecule has 0 bridgehead atoms. The number of carbonyl (C=O) groups is 6. The second-order valence-corrected chi connectivity index (χ2v) is 12.3. The minimum Gasteiger partial charge on any atom is -0.481 e. The normalized spacial score (nSPS) is 15.2. The Kier molecular flexibility index (Phi) is 16.3. The third kappa shape index (κ3) is 15.7. The lowest BCUT2D eigenvalue weighted by molar-refractivity contribution is -0.193. The van der Waals surface area contributed by atoms with Crippen LogP contribution in [0.2, 0.25) is 0 Å². The molecule has 0 saturated carbocycles. The summed E-state index contributed by atoms with van der Waals surface area (Å²) >= 11 is 0. The summed E-state index contributed by atoms with van der Waals surface area (Å²) in [6.45, 7) is 1.80. The van der Waals surface area contributed by atoms with Crippen molar-refractivity contribution in [3.8, 4) is 5.75 Å². The minimum absolute atomic E-state index is 0.0406. The summed E-state index contributed by atoms with van der Waals surface area (Å²) in [4.78, 5) is 72.4. The molecule has 0 spiro atoms. The van der Waals surface area contributed by atoms with Gasteiger partial charge in [0.25, 0.3) is 0 Å². The molecule has 2 aliphatic heterocycles. The summed E-state index contributed by atoms with van der Waals surface area (Å²) in [6.07, 6.45) is -9.88. The minimum atomic E-state index is -5.08. The van der Waals surface area contributed by atoms with Crippen molar-refractivity contribution in [3.63, 3.8) is 0 Å². The molecule has 18 nitrogen and oxygen atoms in total. The maximum atomic E-state index is 12.9. The number of halogens is 6. The summed E-state index contributed by atoms with van der Waals surface area (Å²) in [5.41, 5.74) is 6.31. The van der Waals surface area contributed by atoms with Gasteiger partial charge in [-0.05, 0) is 73.8 Å². The van der Waals surface area contributed by atoms with E-state index in [4.69, 9.17) is 45.6 Å². The molecule has 0 atom stereocenters. The summed E-state index contributed by atoms with van der Waals surface area (Å²) in [5.74, 6) is -9.47. The number of hydrogen-bond donors (Lipinski definition) is 8. The zero-order chi connectivity index (χ0) is 43.3. The van der Waals surface area contributed by atoms with Crippen molar-refractivity contribution < 1.29 is 90.2 Å². The van der Waals surface area contributed by atoms with Crippen molar-refractivity contribution in [2.45, 2.75) is 62.4 Å². The van der Waals surface area contributed by atoms with Crippen molar-refractivity contribution in [1.29, 1.82) is 5.41 Å². The average molecular weight is 824 g/mol. The summed E-state index contributed by atoms with van der Waals surface area (Å²) < 4.78 is 69.1. The molecule has 2 aliphatic rings. The van der Waals surface area contributed by atoms with E-state index in [-0.39, 0.29) is 36.0 Å². The predicted octanol–water partition coefficient (Wildman–Crippen LogP) is 3.94. The van der Waals surface area contributed by atoms with Crippen LogP contribution in [0.5, 0.6) is 5.75 Å². The summed E-state index contributed by atoms with van der Waals surface area (Å²) in [5, 5.41) is 56.2. The highest BCUT2D eigenvalue weighted by Gasteiger charge is 2.45. The van der Waals surface area contributed by atoms with E-state index in [2.05, 4.69) is 15.4 Å². The van der Waals surface area contributed by atoms with Gasteiger partial charge in [0.15, 0.2) is 11.6 Å². The Morgan fingerprint density at radius 2 is 1.37 bits per heavy atom. The van der Waals surface area contributed by atoms with Crippen LogP contribution in [0, 0.1) is 5.41 Å². The molecule has 2 aromatic carbocycles. The van der Waals surface area contributed by atoms with Gasteiger partial charge >= 0.3 is 48.2 Å². The van der Waals surface area contributed by atoms with Gasteiger partial charge in [0, 0.05) is 24.2 Å². The third-order valence-electron chi connectivity index (χ3n) is 7.89. The number of nitrogens with one attached hydrogen (secondary N) is 2. The van der Waals surface area contributed by atoms with E-state index in [9.17, 15) is 55.7 Å². The van der Waals surface area contributed by atoms with Crippen LogP contribution in [0.4, 0.5) is 32.0 Å². The number of carboxylic acid groups (broad SMARTS) is 5. The molecule has 0 unspecified atom stereocenters. The third-order valence-corrected chi connectivity index (χ3v) is 7.89. The highest BCUT2D eigenvalue weighted by atomic mass is 19.4. The van der Waals surface area contributed by atoms with E-state index in [0.29, 0.717) is 36.6 Å². The van der Waals surface area contributed by atoms with E-state index in [0.717, 1.165) is 18.4 Å². The number of oxime groups is 1. The first kappa shape index (κ1) is 46.7. The Morgan fingerprint density at radius 3 is 1.81 bits per heavy atom. The van der Waals surface area contributed by atoms with Crippen LogP contribution >= 0.6 is 0 Å². The first-order valence-corrected chi connectivity index (χ1v) is 16.1. The van der Waals surface area contributed by atoms with Gasteiger partial charge in [-0.15, -0.1) is 0 Å². The van der Waals surface area contributed by atoms with Gasteiger partial charge < -0.3 is 51.1 Å². The number of carbonyl (C=O) groups excluding carboxylic acids is 1. The second-order valence-electron chi connectivity index (χ2n) is 12.3. The maximum Gasteiger partial charge on any atom is 0.490 e. The van der Waals surface area contributed by atoms with E-state index in [1.54, 1.807) is 24.3 Å². The number of benzene rings is 2. The summed E-state index contributed by atoms with van der Waals surface area (Å²) in [6, 6.07) is 11.3. The van der Waals surface area contributed by atoms with Gasteiger partial charge in [0.1, 0.15) is 5.75 Å². The molecule has 1 saturated heterocycles. The molecule has 57 heavy (non-hydrogen) atoms. The van der Waals surface area contributed by atoms with Gasteiger partial charge in [-0.2, -0.15) is 26.3 Å². The molecule has 2 heterocycles. The quantitative estimate of drug-likeness (QED) is 0.0494. The number of alkyl halides is 6. The van der Waals surface area contributed by atoms with Crippen LogP contribution in [0.15, 0.2) is 47.6 Å². The maximum absolute atomic E-state index is 12.9. The van der Waals surface area contributed by atoms with Crippen molar-refractivity contribution in [2.24, 2.45) is 10.9 Å². The monoisotopic (exact) mass is 823 g/mol. The number of guanidine groups is 1. The smallest absolute Gasteiger partial charge is 0.481 e. The fourth-order valence-corrected chi connectivity index (χ4v) is 5.41. The zero-order valence-electron chi connectivity index (χ0n) is 29.2. The van der Waals surface area contributed by atoms with E-state index < -0.39 is 66.6 Å². The average Bonchev–Trinajstić information content (AvgIpc) is 3.49. The Labute approximate surface area is 316 Å². The molecular weight excluding hydrogens is 788 g/mol. The van der Waals surface area contributed by atoms with Crippen LogP contribution in [0.1, 0.15) is 65.9 Å². The van der Waals surface area contributed by atoms with Crippen LogP contribution in [0.3, 0.4) is 0 Å². The molecule has 0 radical (unpaired) electrons. The molecule has 1 fully saturated rings. The fraction of sp³-hybridized carbons (Fsp3) is 0.394. The largest absolute Gasteiger partial charge is 0.490 e. The highest BCUT2D eigenvalue weighted by Crippen LogP contribution is 2.39. The van der Waals surface area contributed by atoms with Gasteiger partial charge in [0.05, 0.1) is 30.5 Å². The SMILES string of the molecule is N=C(N)Nc1ccc(C(=O)Oc2ccc(C3CCN(CCC(=O)O)CC3)c(C3=NOC(CC(=O)O)(CC(=O)O)C3)c2)cc1.O=C(O)C(F)(F)F.O=C(O)C(F)(F)F. The van der Waals surface area contributed by atoms with Gasteiger partial charge in [-0.3, -0.25) is 19.8 Å². The lowest BCUT2D eigenvalue weighted by Gasteiger charge is -2.32. The Hall–Kier alpha value is -6.46. The number of aliphatic carboxylic acids is 5. The lowest BCUT2D eigenvalue weighted by atomic mass is 9.82. The van der Waals surface area contributed by atoms with Crippen molar-refractivity contribution in [3.05, 3.63) is 59.2 Å². The molecule has 4 rings (SSSR count). The molecule has 312 valence electrons. The van der Waals surface area contributed by atoms with Crippen LogP contribution < -0.4 is 15.8 Å².